The van der Waals surface area contributed by atoms with Gasteiger partial charge in [-0.1, -0.05) is 0 Å². The molecule has 2 atom stereocenters. The molecule has 0 spiro atoms. The van der Waals surface area contributed by atoms with E-state index in [1.54, 1.807) is 19.2 Å². The lowest BCUT2D eigenvalue weighted by Crippen LogP contribution is -2.48. The molecule has 5 heterocycles. The maximum Gasteiger partial charge on any atom is 0.251 e. The van der Waals surface area contributed by atoms with Crippen LogP contribution in [0.25, 0.3) is 16.8 Å². The number of amides is 1. The molecule has 0 radical (unpaired) electrons. The lowest BCUT2D eigenvalue weighted by Gasteiger charge is -2.42. The summed E-state index contributed by atoms with van der Waals surface area (Å²) in [5.74, 6) is 0.721. The molecule has 2 aliphatic heterocycles. The molecule has 1 saturated heterocycles. The third-order valence-corrected chi connectivity index (χ3v) is 6.01. The predicted molar refractivity (Wildman–Crippen MR) is 103 cm³/mol. The van der Waals surface area contributed by atoms with Gasteiger partial charge in [-0.25, -0.2) is 4.98 Å². The molecule has 138 valence electrons. The molecule has 2 aliphatic rings. The summed E-state index contributed by atoms with van der Waals surface area (Å²) in [5.41, 5.74) is 5.07. The Hall–Kier alpha value is -2.89. The highest BCUT2D eigenvalue weighted by atomic mass is 16.2. The number of carbonyl (C=O) groups is 1. The lowest BCUT2D eigenvalue weighted by atomic mass is 9.82. The van der Waals surface area contributed by atoms with E-state index in [1.807, 2.05) is 33.2 Å². The number of fused-ring (bicyclic) bond motifs is 5. The quantitative estimate of drug-likeness (QED) is 0.668. The van der Waals surface area contributed by atoms with Gasteiger partial charge in [-0.2, -0.15) is 0 Å². The number of aryl methyl sites for hydroxylation is 1. The van der Waals surface area contributed by atoms with E-state index in [1.165, 1.54) is 0 Å². The second-order valence-electron chi connectivity index (χ2n) is 7.91. The van der Waals surface area contributed by atoms with Crippen molar-refractivity contribution in [1.29, 1.82) is 0 Å². The summed E-state index contributed by atoms with van der Waals surface area (Å²) >= 11 is 0. The van der Waals surface area contributed by atoms with Crippen molar-refractivity contribution >= 4 is 11.6 Å². The molecule has 27 heavy (non-hydrogen) atoms. The van der Waals surface area contributed by atoms with E-state index >= 15 is 0 Å². The second kappa shape index (κ2) is 5.81. The number of aromatic nitrogens is 3. The summed E-state index contributed by atoms with van der Waals surface area (Å²) in [5, 5.41) is 0. The van der Waals surface area contributed by atoms with Gasteiger partial charge in [0, 0.05) is 62.8 Å². The SMILES string of the molecule is CC(=O)N1C[C@@H]2C[C@H](C1)c1cc(-c3cc(C)c4nccn4c3)cc(=O)n1C2. The van der Waals surface area contributed by atoms with Crippen LogP contribution in [0.4, 0.5) is 0 Å². The Kier molecular flexibility index (Phi) is 3.50. The normalized spacial score (nSPS) is 21.3. The number of hydrogen-bond acceptors (Lipinski definition) is 3. The first-order valence-electron chi connectivity index (χ1n) is 9.43. The van der Waals surface area contributed by atoms with Crippen molar-refractivity contribution in [2.75, 3.05) is 13.1 Å². The van der Waals surface area contributed by atoms with Gasteiger partial charge in [0.1, 0.15) is 5.65 Å². The van der Waals surface area contributed by atoms with Crippen LogP contribution < -0.4 is 5.56 Å². The Morgan fingerprint density at radius 2 is 2.00 bits per heavy atom. The second-order valence-corrected chi connectivity index (χ2v) is 7.91. The average Bonchev–Trinajstić information content (AvgIpc) is 3.11. The number of nitrogens with zero attached hydrogens (tertiary/aromatic N) is 4. The number of rotatable bonds is 1. The smallest absolute Gasteiger partial charge is 0.251 e. The van der Waals surface area contributed by atoms with Gasteiger partial charge in [0.25, 0.3) is 5.56 Å². The standard InChI is InChI=1S/C21H22N4O2/c1-13-5-17(11-23-4-3-22-21(13)23)16-7-19-18-6-15(9-24(12-18)14(2)26)10-25(19)20(27)8-16/h3-5,7-8,11,15,18H,6,9-10,12H2,1-2H3/t15-,18+/m0/s1. The Morgan fingerprint density at radius 3 is 2.81 bits per heavy atom. The van der Waals surface area contributed by atoms with Crippen LogP contribution in [0.1, 0.15) is 30.5 Å². The number of imidazole rings is 1. The van der Waals surface area contributed by atoms with Crippen molar-refractivity contribution in [1.82, 2.24) is 18.9 Å². The summed E-state index contributed by atoms with van der Waals surface area (Å²) in [6.07, 6.45) is 6.78. The number of likely N-dealkylation sites (tertiary alicyclic amines) is 1. The minimum absolute atomic E-state index is 0.0526. The molecule has 0 unspecified atom stereocenters. The first-order chi connectivity index (χ1) is 13.0. The summed E-state index contributed by atoms with van der Waals surface area (Å²) < 4.78 is 3.91. The fraction of sp³-hybridized carbons (Fsp3) is 0.381. The summed E-state index contributed by atoms with van der Waals surface area (Å²) in [6, 6.07) is 5.97. The molecule has 5 rings (SSSR count). The van der Waals surface area contributed by atoms with Gasteiger partial charge in [0.2, 0.25) is 5.91 Å². The minimum Gasteiger partial charge on any atom is -0.342 e. The number of piperidine rings is 1. The molecule has 2 bridgehead atoms. The molecule has 3 aromatic heterocycles. The molecule has 6 nitrogen and oxygen atoms in total. The topological polar surface area (TPSA) is 59.6 Å². The van der Waals surface area contributed by atoms with Crippen molar-refractivity contribution in [3.8, 4) is 11.1 Å². The Labute approximate surface area is 157 Å². The van der Waals surface area contributed by atoms with Crippen LogP contribution in [-0.2, 0) is 11.3 Å². The zero-order valence-corrected chi connectivity index (χ0v) is 15.6. The van der Waals surface area contributed by atoms with E-state index in [0.717, 1.165) is 41.0 Å². The molecular formula is C21H22N4O2. The Bertz CT molecular complexity index is 1130. The first-order valence-corrected chi connectivity index (χ1v) is 9.43. The van der Waals surface area contributed by atoms with Crippen LogP contribution in [0, 0.1) is 12.8 Å². The molecule has 0 aliphatic carbocycles. The van der Waals surface area contributed by atoms with E-state index in [9.17, 15) is 9.59 Å². The molecule has 0 saturated carbocycles. The van der Waals surface area contributed by atoms with E-state index in [2.05, 4.69) is 17.1 Å². The molecular weight excluding hydrogens is 340 g/mol. The van der Waals surface area contributed by atoms with Gasteiger partial charge in [0.15, 0.2) is 0 Å². The molecule has 0 N–H and O–H groups in total. The van der Waals surface area contributed by atoms with Gasteiger partial charge in [0.05, 0.1) is 0 Å². The van der Waals surface area contributed by atoms with Crippen molar-refractivity contribution in [2.45, 2.75) is 32.7 Å². The van der Waals surface area contributed by atoms with Crippen molar-refractivity contribution < 1.29 is 4.79 Å². The van der Waals surface area contributed by atoms with Crippen LogP contribution in [0.3, 0.4) is 0 Å². The number of hydrogen-bond donors (Lipinski definition) is 0. The highest BCUT2D eigenvalue weighted by Gasteiger charge is 2.35. The predicted octanol–water partition coefficient (Wildman–Crippen LogP) is 2.44. The van der Waals surface area contributed by atoms with E-state index in [0.29, 0.717) is 19.0 Å². The number of pyridine rings is 2. The van der Waals surface area contributed by atoms with Gasteiger partial charge in [-0.05, 0) is 48.1 Å². The van der Waals surface area contributed by atoms with Crippen LogP contribution in [0.5, 0.6) is 0 Å². The fourth-order valence-corrected chi connectivity index (χ4v) is 4.75. The molecule has 3 aromatic rings. The van der Waals surface area contributed by atoms with E-state index < -0.39 is 0 Å². The van der Waals surface area contributed by atoms with Crippen molar-refractivity contribution in [3.63, 3.8) is 0 Å². The van der Waals surface area contributed by atoms with Crippen molar-refractivity contribution in [3.05, 3.63) is 58.4 Å². The molecule has 1 fully saturated rings. The highest BCUT2D eigenvalue weighted by molar-refractivity contribution is 5.73. The lowest BCUT2D eigenvalue weighted by molar-refractivity contribution is -0.131. The van der Waals surface area contributed by atoms with Gasteiger partial charge in [-0.15, -0.1) is 0 Å². The molecule has 6 heteroatoms. The minimum atomic E-state index is 0.0526. The molecule has 1 amide bonds. The van der Waals surface area contributed by atoms with E-state index in [4.69, 9.17) is 0 Å². The summed E-state index contributed by atoms with van der Waals surface area (Å²) in [7, 11) is 0. The summed E-state index contributed by atoms with van der Waals surface area (Å²) in [4.78, 5) is 31.0. The Morgan fingerprint density at radius 1 is 1.15 bits per heavy atom. The van der Waals surface area contributed by atoms with Crippen LogP contribution in [0.15, 0.2) is 41.6 Å². The first kappa shape index (κ1) is 16.3. The summed E-state index contributed by atoms with van der Waals surface area (Å²) in [6.45, 7) is 5.83. The van der Waals surface area contributed by atoms with Gasteiger partial charge < -0.3 is 13.9 Å². The maximum atomic E-state index is 12.9. The van der Waals surface area contributed by atoms with Gasteiger partial charge >= 0.3 is 0 Å². The zero-order chi connectivity index (χ0) is 18.7. The third kappa shape index (κ3) is 2.59. The van der Waals surface area contributed by atoms with Crippen LogP contribution in [0.2, 0.25) is 0 Å². The van der Waals surface area contributed by atoms with Gasteiger partial charge in [-0.3, -0.25) is 9.59 Å². The third-order valence-electron chi connectivity index (χ3n) is 6.01. The maximum absolute atomic E-state index is 12.9. The van der Waals surface area contributed by atoms with E-state index in [-0.39, 0.29) is 17.4 Å². The monoisotopic (exact) mass is 362 g/mol. The zero-order valence-electron chi connectivity index (χ0n) is 15.6. The molecule has 0 aromatic carbocycles. The Balaban J connectivity index is 1.62. The average molecular weight is 362 g/mol. The largest absolute Gasteiger partial charge is 0.342 e. The highest BCUT2D eigenvalue weighted by Crippen LogP contribution is 2.36. The fourth-order valence-electron chi connectivity index (χ4n) is 4.75. The van der Waals surface area contributed by atoms with Crippen molar-refractivity contribution in [2.24, 2.45) is 5.92 Å². The van der Waals surface area contributed by atoms with Crippen LogP contribution in [-0.4, -0.2) is 37.8 Å². The number of carbonyl (C=O) groups excluding carboxylic acids is 1. The van der Waals surface area contributed by atoms with Crippen LogP contribution >= 0.6 is 0 Å².